The van der Waals surface area contributed by atoms with Gasteiger partial charge in [-0.25, -0.2) is 4.98 Å². The van der Waals surface area contributed by atoms with Crippen LogP contribution in [0.3, 0.4) is 0 Å². The quantitative estimate of drug-likeness (QED) is 0.675. The number of piperidine rings is 1. The summed E-state index contributed by atoms with van der Waals surface area (Å²) in [5.41, 5.74) is 2.40. The van der Waals surface area contributed by atoms with Crippen molar-refractivity contribution in [1.82, 2.24) is 15.2 Å². The minimum Gasteiger partial charge on any atom is -0.351 e. The Balaban J connectivity index is 1.29. The fourth-order valence-corrected chi connectivity index (χ4v) is 4.56. The summed E-state index contributed by atoms with van der Waals surface area (Å²) < 4.78 is 0. The van der Waals surface area contributed by atoms with E-state index in [1.807, 2.05) is 30.3 Å². The maximum Gasteiger partial charge on any atom is 0.263 e. The van der Waals surface area contributed by atoms with Gasteiger partial charge < -0.3 is 5.32 Å². The van der Waals surface area contributed by atoms with Crippen molar-refractivity contribution in [3.8, 4) is 10.6 Å². The monoisotopic (exact) mass is 391 g/mol. The average molecular weight is 392 g/mol. The highest BCUT2D eigenvalue weighted by molar-refractivity contribution is 7.16. The Morgan fingerprint density at radius 1 is 1.11 bits per heavy atom. The van der Waals surface area contributed by atoms with Crippen molar-refractivity contribution in [2.24, 2.45) is 5.92 Å². The van der Waals surface area contributed by atoms with Crippen LogP contribution in [0.25, 0.3) is 10.6 Å². The Bertz CT molecular complexity index is 894. The van der Waals surface area contributed by atoms with Gasteiger partial charge in [-0.1, -0.05) is 60.7 Å². The van der Waals surface area contributed by atoms with Crippen molar-refractivity contribution in [3.05, 3.63) is 77.3 Å². The van der Waals surface area contributed by atoms with Gasteiger partial charge >= 0.3 is 0 Å². The third kappa shape index (κ3) is 4.86. The number of nitrogens with zero attached hydrogens (tertiary/aromatic N) is 2. The smallest absolute Gasteiger partial charge is 0.263 e. The number of carbonyl (C=O) groups excluding carboxylic acids is 1. The average Bonchev–Trinajstić information content (AvgIpc) is 3.24. The molecule has 1 saturated heterocycles. The number of amides is 1. The summed E-state index contributed by atoms with van der Waals surface area (Å²) in [7, 11) is 0. The summed E-state index contributed by atoms with van der Waals surface area (Å²) >= 11 is 1.45. The molecule has 1 aliphatic heterocycles. The van der Waals surface area contributed by atoms with Crippen LogP contribution < -0.4 is 5.32 Å². The first-order valence-electron chi connectivity index (χ1n) is 9.83. The summed E-state index contributed by atoms with van der Waals surface area (Å²) in [5, 5.41) is 4.01. The molecule has 5 heteroatoms. The van der Waals surface area contributed by atoms with Crippen molar-refractivity contribution in [1.29, 1.82) is 0 Å². The van der Waals surface area contributed by atoms with Gasteiger partial charge in [0.1, 0.15) is 9.88 Å². The maximum atomic E-state index is 12.6. The van der Waals surface area contributed by atoms with Gasteiger partial charge in [0.15, 0.2) is 0 Å². The van der Waals surface area contributed by atoms with Gasteiger partial charge in [-0.05, 0) is 30.9 Å². The largest absolute Gasteiger partial charge is 0.351 e. The molecule has 1 amide bonds. The zero-order valence-corrected chi connectivity index (χ0v) is 16.7. The zero-order valence-electron chi connectivity index (χ0n) is 15.9. The normalized spacial score (nSPS) is 17.4. The molecule has 0 saturated carbocycles. The number of rotatable bonds is 6. The second-order valence-corrected chi connectivity index (χ2v) is 8.37. The van der Waals surface area contributed by atoms with Gasteiger partial charge in [-0.15, -0.1) is 11.3 Å². The molecular formula is C23H25N3OS. The van der Waals surface area contributed by atoms with E-state index in [4.69, 9.17) is 0 Å². The van der Waals surface area contributed by atoms with Crippen LogP contribution in [0.15, 0.2) is 66.9 Å². The summed E-state index contributed by atoms with van der Waals surface area (Å²) in [4.78, 5) is 20.1. The van der Waals surface area contributed by atoms with Crippen LogP contribution in [0.5, 0.6) is 0 Å². The molecule has 0 aliphatic carbocycles. The molecule has 3 aromatic rings. The minimum atomic E-state index is -0.0140. The Hall–Kier alpha value is -2.50. The highest BCUT2D eigenvalue weighted by Crippen LogP contribution is 2.25. The van der Waals surface area contributed by atoms with E-state index in [9.17, 15) is 4.79 Å². The van der Waals surface area contributed by atoms with Crippen LogP contribution in [-0.4, -0.2) is 35.4 Å². The molecule has 4 rings (SSSR count). The second-order valence-electron chi connectivity index (χ2n) is 7.33. The summed E-state index contributed by atoms with van der Waals surface area (Å²) in [6, 6.07) is 20.6. The molecule has 0 radical (unpaired) electrons. The van der Waals surface area contributed by atoms with E-state index in [0.717, 1.165) is 36.8 Å². The van der Waals surface area contributed by atoms with E-state index in [-0.39, 0.29) is 5.91 Å². The van der Waals surface area contributed by atoms with Gasteiger partial charge in [-0.2, -0.15) is 0 Å². The molecule has 1 aliphatic rings. The standard InChI is InChI=1S/C23H25N3OS/c27-22(21-15-25-23(28-21)20-11-5-2-6-12-20)24-14-19-10-7-13-26(17-19)16-18-8-3-1-4-9-18/h1-6,8-9,11-12,15,19H,7,10,13-14,16-17H2,(H,24,27). The lowest BCUT2D eigenvalue weighted by molar-refractivity contribution is 0.0934. The number of aromatic nitrogens is 1. The van der Waals surface area contributed by atoms with E-state index in [0.29, 0.717) is 10.8 Å². The fraction of sp³-hybridized carbons (Fsp3) is 0.304. The molecule has 2 aromatic carbocycles. The van der Waals surface area contributed by atoms with Crippen LogP contribution in [-0.2, 0) is 6.54 Å². The van der Waals surface area contributed by atoms with E-state index in [1.54, 1.807) is 6.20 Å². The van der Waals surface area contributed by atoms with Crippen LogP contribution in [0.4, 0.5) is 0 Å². The first-order chi connectivity index (χ1) is 13.8. The summed E-state index contributed by atoms with van der Waals surface area (Å²) in [6.07, 6.45) is 4.04. The molecule has 4 nitrogen and oxygen atoms in total. The highest BCUT2D eigenvalue weighted by atomic mass is 32.1. The minimum absolute atomic E-state index is 0.0140. The highest BCUT2D eigenvalue weighted by Gasteiger charge is 2.21. The number of thiazole rings is 1. The lowest BCUT2D eigenvalue weighted by Gasteiger charge is -2.32. The van der Waals surface area contributed by atoms with Crippen LogP contribution >= 0.6 is 11.3 Å². The van der Waals surface area contributed by atoms with Crippen LogP contribution in [0.2, 0.25) is 0 Å². The van der Waals surface area contributed by atoms with E-state index in [2.05, 4.69) is 45.5 Å². The maximum absolute atomic E-state index is 12.6. The topological polar surface area (TPSA) is 45.2 Å². The van der Waals surface area contributed by atoms with Crippen molar-refractivity contribution < 1.29 is 4.79 Å². The number of nitrogens with one attached hydrogen (secondary N) is 1. The molecule has 1 unspecified atom stereocenters. The Morgan fingerprint density at radius 2 is 1.86 bits per heavy atom. The first-order valence-corrected chi connectivity index (χ1v) is 10.7. The fourth-order valence-electron chi connectivity index (χ4n) is 3.72. The first kappa shape index (κ1) is 18.8. The predicted octanol–water partition coefficient (Wildman–Crippen LogP) is 4.45. The summed E-state index contributed by atoms with van der Waals surface area (Å²) in [5.74, 6) is 0.489. The van der Waals surface area contributed by atoms with Crippen molar-refractivity contribution in [3.63, 3.8) is 0 Å². The van der Waals surface area contributed by atoms with Gasteiger partial charge in [0.25, 0.3) is 5.91 Å². The van der Waals surface area contributed by atoms with Crippen molar-refractivity contribution in [2.45, 2.75) is 19.4 Å². The third-order valence-electron chi connectivity index (χ3n) is 5.15. The zero-order chi connectivity index (χ0) is 19.2. The second kappa shape index (κ2) is 9.13. The van der Waals surface area contributed by atoms with Gasteiger partial charge in [-0.3, -0.25) is 9.69 Å². The lowest BCUT2D eigenvalue weighted by Crippen LogP contribution is -2.40. The number of hydrogen-bond acceptors (Lipinski definition) is 4. The summed E-state index contributed by atoms with van der Waals surface area (Å²) in [6.45, 7) is 3.88. The molecule has 0 spiro atoms. The molecular weight excluding hydrogens is 366 g/mol. The molecule has 2 heterocycles. The predicted molar refractivity (Wildman–Crippen MR) is 114 cm³/mol. The van der Waals surface area contributed by atoms with Crippen molar-refractivity contribution in [2.75, 3.05) is 19.6 Å². The Kier molecular flexibility index (Phi) is 6.14. The van der Waals surface area contributed by atoms with E-state index < -0.39 is 0 Å². The number of benzene rings is 2. The van der Waals surface area contributed by atoms with Crippen molar-refractivity contribution >= 4 is 17.2 Å². The third-order valence-corrected chi connectivity index (χ3v) is 6.20. The van der Waals surface area contributed by atoms with E-state index in [1.165, 1.54) is 29.7 Å². The molecule has 1 aromatic heterocycles. The molecule has 1 atom stereocenters. The molecule has 144 valence electrons. The molecule has 0 bridgehead atoms. The molecule has 28 heavy (non-hydrogen) atoms. The molecule has 1 N–H and O–H groups in total. The number of likely N-dealkylation sites (tertiary alicyclic amines) is 1. The Morgan fingerprint density at radius 3 is 2.64 bits per heavy atom. The number of carbonyl (C=O) groups is 1. The van der Waals surface area contributed by atoms with Gasteiger partial charge in [0, 0.05) is 25.2 Å². The SMILES string of the molecule is O=C(NCC1CCCN(Cc2ccccc2)C1)c1cnc(-c2ccccc2)s1. The van der Waals surface area contributed by atoms with Gasteiger partial charge in [0.2, 0.25) is 0 Å². The Labute approximate surface area is 170 Å². The lowest BCUT2D eigenvalue weighted by atomic mass is 9.97. The number of hydrogen-bond donors (Lipinski definition) is 1. The molecule has 1 fully saturated rings. The van der Waals surface area contributed by atoms with Crippen LogP contribution in [0.1, 0.15) is 28.1 Å². The van der Waals surface area contributed by atoms with Gasteiger partial charge in [0.05, 0.1) is 6.20 Å². The van der Waals surface area contributed by atoms with E-state index >= 15 is 0 Å². The van der Waals surface area contributed by atoms with Crippen LogP contribution in [0, 0.1) is 5.92 Å².